The Morgan fingerprint density at radius 3 is 2.23 bits per heavy atom. The lowest BCUT2D eigenvalue weighted by molar-refractivity contribution is -0.133. The summed E-state index contributed by atoms with van der Waals surface area (Å²) in [6, 6.07) is 0. The van der Waals surface area contributed by atoms with Crippen LogP contribution in [0.2, 0.25) is 0 Å². The first kappa shape index (κ1) is 16.8. The van der Waals surface area contributed by atoms with Gasteiger partial charge in [0, 0.05) is 0 Å². The summed E-state index contributed by atoms with van der Waals surface area (Å²) in [7, 11) is 0. The first-order chi connectivity index (χ1) is 9.95. The molecule has 4 fully saturated rings. The fourth-order valence-electron chi connectivity index (χ4n) is 7.21. The van der Waals surface area contributed by atoms with Gasteiger partial charge in [-0.3, -0.25) is 0 Å². The van der Waals surface area contributed by atoms with Gasteiger partial charge in [-0.1, -0.05) is 21.3 Å². The van der Waals surface area contributed by atoms with Crippen molar-refractivity contribution in [3.63, 3.8) is 0 Å². The second-order valence-electron chi connectivity index (χ2n) is 9.22. The third kappa shape index (κ3) is 2.13. The lowest BCUT2D eigenvalue weighted by atomic mass is 9.45. The van der Waals surface area contributed by atoms with Crippen LogP contribution in [-0.4, -0.2) is 22.4 Å². The molecule has 0 amide bonds. The van der Waals surface area contributed by atoms with Gasteiger partial charge in [-0.25, -0.2) is 0 Å². The van der Waals surface area contributed by atoms with Crippen molar-refractivity contribution in [3.05, 3.63) is 0 Å². The van der Waals surface area contributed by atoms with E-state index in [1.165, 1.54) is 38.5 Å². The summed E-state index contributed by atoms with van der Waals surface area (Å²) in [4.78, 5) is 0. The van der Waals surface area contributed by atoms with Crippen molar-refractivity contribution in [2.75, 3.05) is 0 Å². The Kier molecular flexibility index (Phi) is 4.18. The van der Waals surface area contributed by atoms with E-state index in [2.05, 4.69) is 13.8 Å². The molecule has 0 aromatic rings. The maximum atomic E-state index is 10.5. The fourth-order valence-corrected chi connectivity index (χ4v) is 7.21. The average molecular weight is 309 g/mol. The first-order valence-corrected chi connectivity index (χ1v) is 9.31. The van der Waals surface area contributed by atoms with Crippen LogP contribution in [0.25, 0.3) is 0 Å². The van der Waals surface area contributed by atoms with Crippen LogP contribution in [0.1, 0.15) is 79.1 Å². The minimum absolute atomic E-state index is 0. The second-order valence-corrected chi connectivity index (χ2v) is 9.22. The van der Waals surface area contributed by atoms with Gasteiger partial charge in [0.05, 0.1) is 12.2 Å². The van der Waals surface area contributed by atoms with Gasteiger partial charge in [-0.15, -0.1) is 0 Å². The molecule has 0 aromatic heterocycles. The Bertz CT molecular complexity index is 422. The number of fused-ring (bicyclic) bond motifs is 5. The molecule has 4 saturated carbocycles. The molecular formula is C20H36O2. The van der Waals surface area contributed by atoms with E-state index in [1.54, 1.807) is 0 Å². The van der Waals surface area contributed by atoms with E-state index in [4.69, 9.17) is 0 Å². The van der Waals surface area contributed by atoms with Crippen LogP contribution in [0.4, 0.5) is 0 Å². The van der Waals surface area contributed by atoms with Gasteiger partial charge in [0.25, 0.3) is 0 Å². The van der Waals surface area contributed by atoms with Crippen molar-refractivity contribution in [3.8, 4) is 0 Å². The molecule has 0 heterocycles. The van der Waals surface area contributed by atoms with Crippen molar-refractivity contribution >= 4 is 0 Å². The lowest BCUT2D eigenvalue weighted by Gasteiger charge is -2.60. The molecule has 0 saturated heterocycles. The average Bonchev–Trinajstić information content (AvgIpc) is 2.76. The van der Waals surface area contributed by atoms with Crippen LogP contribution in [0.5, 0.6) is 0 Å². The van der Waals surface area contributed by atoms with Crippen LogP contribution in [-0.2, 0) is 0 Å². The summed E-state index contributed by atoms with van der Waals surface area (Å²) < 4.78 is 0. The highest BCUT2D eigenvalue weighted by molar-refractivity contribution is 5.09. The largest absolute Gasteiger partial charge is 0.393 e. The van der Waals surface area contributed by atoms with Crippen LogP contribution in [0, 0.1) is 34.5 Å². The summed E-state index contributed by atoms with van der Waals surface area (Å²) >= 11 is 0. The quantitative estimate of drug-likeness (QED) is 0.697. The van der Waals surface area contributed by atoms with Gasteiger partial charge in [-0.05, 0) is 92.3 Å². The van der Waals surface area contributed by atoms with E-state index in [0.717, 1.165) is 42.9 Å². The van der Waals surface area contributed by atoms with E-state index in [0.29, 0.717) is 5.41 Å². The fraction of sp³-hybridized carbons (Fsp3) is 1.00. The zero-order chi connectivity index (χ0) is 14.8. The lowest BCUT2D eigenvalue weighted by Crippen LogP contribution is -2.54. The van der Waals surface area contributed by atoms with Crippen LogP contribution >= 0.6 is 0 Å². The summed E-state index contributed by atoms with van der Waals surface area (Å²) in [6.45, 7) is 4.90. The molecule has 0 spiro atoms. The predicted octanol–water partition coefficient (Wildman–Crippen LogP) is 4.39. The molecule has 0 radical (unpaired) electrons. The molecule has 0 aromatic carbocycles. The number of rotatable bonds is 0. The van der Waals surface area contributed by atoms with Crippen LogP contribution in [0.15, 0.2) is 0 Å². The topological polar surface area (TPSA) is 40.5 Å². The van der Waals surface area contributed by atoms with Crippen molar-refractivity contribution in [1.82, 2.24) is 0 Å². The first-order valence-electron chi connectivity index (χ1n) is 9.31. The van der Waals surface area contributed by atoms with Crippen molar-refractivity contribution in [2.24, 2.45) is 34.5 Å². The third-order valence-electron chi connectivity index (χ3n) is 8.59. The Hall–Kier alpha value is -0.0800. The van der Waals surface area contributed by atoms with Crippen molar-refractivity contribution < 1.29 is 10.2 Å². The minimum atomic E-state index is -0.0536. The van der Waals surface area contributed by atoms with E-state index in [-0.39, 0.29) is 25.0 Å². The van der Waals surface area contributed by atoms with Gasteiger partial charge in [0.2, 0.25) is 0 Å². The molecule has 4 rings (SSSR count). The van der Waals surface area contributed by atoms with E-state index < -0.39 is 0 Å². The second kappa shape index (κ2) is 5.48. The highest BCUT2D eigenvalue weighted by Crippen LogP contribution is 2.66. The van der Waals surface area contributed by atoms with E-state index in [9.17, 15) is 10.2 Å². The Morgan fingerprint density at radius 1 is 0.773 bits per heavy atom. The molecule has 4 aliphatic carbocycles. The molecule has 6 unspecified atom stereocenters. The number of aliphatic hydroxyl groups excluding tert-OH is 2. The van der Waals surface area contributed by atoms with Crippen LogP contribution < -0.4 is 0 Å². The predicted molar refractivity (Wildman–Crippen MR) is 90.5 cm³/mol. The molecule has 22 heavy (non-hydrogen) atoms. The smallest absolute Gasteiger partial charge is 0.0596 e. The SMILES string of the molecule is C.C[C@]12CCC(O)CC1CCC1C2CC[C@]2(C)C(O)CCC12. The Balaban J connectivity index is 0.00000144. The summed E-state index contributed by atoms with van der Waals surface area (Å²) in [5.74, 6) is 3.21. The number of hydrogen-bond donors (Lipinski definition) is 2. The Morgan fingerprint density at radius 2 is 1.45 bits per heavy atom. The molecule has 0 bridgehead atoms. The van der Waals surface area contributed by atoms with Crippen molar-refractivity contribution in [1.29, 1.82) is 0 Å². The summed E-state index contributed by atoms with van der Waals surface area (Å²) in [5, 5.41) is 20.5. The van der Waals surface area contributed by atoms with E-state index in [1.807, 2.05) is 0 Å². The zero-order valence-electron chi connectivity index (χ0n) is 13.7. The summed E-state index contributed by atoms with van der Waals surface area (Å²) in [5.41, 5.74) is 0.676. The monoisotopic (exact) mass is 308 g/mol. The summed E-state index contributed by atoms with van der Waals surface area (Å²) in [6.07, 6.45) is 10.7. The zero-order valence-corrected chi connectivity index (χ0v) is 13.7. The van der Waals surface area contributed by atoms with Gasteiger partial charge in [0.15, 0.2) is 0 Å². The van der Waals surface area contributed by atoms with E-state index >= 15 is 0 Å². The van der Waals surface area contributed by atoms with Gasteiger partial charge in [0.1, 0.15) is 0 Å². The van der Waals surface area contributed by atoms with Gasteiger partial charge < -0.3 is 10.2 Å². The molecule has 128 valence electrons. The van der Waals surface area contributed by atoms with Gasteiger partial charge in [-0.2, -0.15) is 0 Å². The molecule has 2 nitrogen and oxygen atoms in total. The highest BCUT2D eigenvalue weighted by atomic mass is 16.3. The number of aliphatic hydroxyl groups is 2. The Labute approximate surface area is 136 Å². The maximum absolute atomic E-state index is 10.5. The minimum Gasteiger partial charge on any atom is -0.393 e. The third-order valence-corrected chi connectivity index (χ3v) is 8.59. The van der Waals surface area contributed by atoms with Crippen molar-refractivity contribution in [2.45, 2.75) is 91.3 Å². The normalized spacial score (nSPS) is 57.3. The highest BCUT2D eigenvalue weighted by Gasteiger charge is 2.59. The molecule has 8 atom stereocenters. The number of hydrogen-bond acceptors (Lipinski definition) is 2. The standard InChI is InChI=1S/C19H32O2.CH4/c1-18-9-7-13(20)11-12(18)3-4-14-15-5-6-17(21)19(15,2)10-8-16(14)18;/h12-17,20-21H,3-11H2,1-2H3;1H4/t12?,13?,14?,15?,16?,17?,18-,19-;/m0./s1. The van der Waals surface area contributed by atoms with Crippen LogP contribution in [0.3, 0.4) is 0 Å². The molecule has 2 N–H and O–H groups in total. The molecular weight excluding hydrogens is 272 g/mol. The molecule has 0 aliphatic heterocycles. The molecule has 2 heteroatoms. The molecule has 4 aliphatic rings. The van der Waals surface area contributed by atoms with Gasteiger partial charge >= 0.3 is 0 Å². The maximum Gasteiger partial charge on any atom is 0.0596 e.